The molecular weight excluding hydrogens is 432 g/mol. The minimum atomic E-state index is -0.0189. The van der Waals surface area contributed by atoms with Gasteiger partial charge in [0.05, 0.1) is 0 Å². The summed E-state index contributed by atoms with van der Waals surface area (Å²) in [7, 11) is 4.45. The third kappa shape index (κ3) is 4.97. The third-order valence-electron chi connectivity index (χ3n) is 8.59. The Bertz CT molecular complexity index is 1120. The molecule has 0 bridgehead atoms. The minimum absolute atomic E-state index is 0.0189. The molecule has 2 aliphatic carbocycles. The number of urea groups is 1. The van der Waals surface area contributed by atoms with Crippen molar-refractivity contribution in [2.45, 2.75) is 75.3 Å². The summed E-state index contributed by atoms with van der Waals surface area (Å²) in [6.45, 7) is 0.659. The largest absolute Gasteiger partial charge is 0.358 e. The van der Waals surface area contributed by atoms with Gasteiger partial charge in [-0.05, 0) is 82.2 Å². The lowest BCUT2D eigenvalue weighted by atomic mass is 9.70. The maximum atomic E-state index is 12.4. The number of H-pyrrole nitrogens is 1. The van der Waals surface area contributed by atoms with E-state index in [0.717, 1.165) is 44.9 Å². The summed E-state index contributed by atoms with van der Waals surface area (Å²) in [5.41, 5.74) is 5.50. The van der Waals surface area contributed by atoms with Crippen LogP contribution in [0, 0.1) is 0 Å². The van der Waals surface area contributed by atoms with Gasteiger partial charge in [0.2, 0.25) is 0 Å². The molecule has 5 heteroatoms. The van der Waals surface area contributed by atoms with Crippen molar-refractivity contribution in [2.75, 3.05) is 20.6 Å². The highest BCUT2D eigenvalue weighted by Crippen LogP contribution is 2.47. The molecule has 2 saturated carbocycles. The molecule has 0 atom stereocenters. The standard InChI is InChI=1S/C30H40N4O/c1-34(2)30(23-10-4-3-5-11-23)19-16-22(17-20-30)28-26(25-14-8-9-15-27(25)33-28)18-21-31-29(35)32-24-12-6-7-13-24/h3-5,8-11,14-15,22,24,33H,6-7,12-13,16-21H2,1-2H3,(H2,31,32,35). The van der Waals surface area contributed by atoms with E-state index in [-0.39, 0.29) is 11.6 Å². The number of aromatic nitrogens is 1. The van der Waals surface area contributed by atoms with Crippen LogP contribution in [-0.4, -0.2) is 42.6 Å². The first-order valence-electron chi connectivity index (χ1n) is 13.4. The molecule has 0 spiro atoms. The summed E-state index contributed by atoms with van der Waals surface area (Å²) in [4.78, 5) is 18.6. The van der Waals surface area contributed by atoms with E-state index >= 15 is 0 Å². The first kappa shape index (κ1) is 23.9. The second-order valence-corrected chi connectivity index (χ2v) is 10.8. The number of nitrogens with zero attached hydrogens (tertiary/aromatic N) is 1. The van der Waals surface area contributed by atoms with Gasteiger partial charge in [-0.3, -0.25) is 4.90 Å². The van der Waals surface area contributed by atoms with Crippen LogP contribution in [0.2, 0.25) is 0 Å². The van der Waals surface area contributed by atoms with Crippen LogP contribution >= 0.6 is 0 Å². The number of hydrogen-bond donors (Lipinski definition) is 3. The minimum Gasteiger partial charge on any atom is -0.358 e. The summed E-state index contributed by atoms with van der Waals surface area (Å²) in [6.07, 6.45) is 10.1. The molecule has 2 amide bonds. The molecule has 0 aliphatic heterocycles. The van der Waals surface area contributed by atoms with Crippen molar-refractivity contribution in [3.8, 4) is 0 Å². The molecule has 186 valence electrons. The highest BCUT2D eigenvalue weighted by Gasteiger charge is 2.39. The molecule has 35 heavy (non-hydrogen) atoms. The number of para-hydroxylation sites is 1. The second kappa shape index (κ2) is 10.4. The molecule has 1 aromatic heterocycles. The number of aromatic amines is 1. The van der Waals surface area contributed by atoms with E-state index in [2.05, 4.69) is 89.2 Å². The number of amides is 2. The Morgan fingerprint density at radius 1 is 0.971 bits per heavy atom. The summed E-state index contributed by atoms with van der Waals surface area (Å²) in [5, 5.41) is 7.57. The lowest BCUT2D eigenvalue weighted by Crippen LogP contribution is -2.44. The van der Waals surface area contributed by atoms with Gasteiger partial charge in [-0.15, -0.1) is 0 Å². The van der Waals surface area contributed by atoms with Gasteiger partial charge in [0.15, 0.2) is 0 Å². The number of carbonyl (C=O) groups is 1. The van der Waals surface area contributed by atoms with Crippen molar-refractivity contribution in [1.82, 2.24) is 20.5 Å². The Morgan fingerprint density at radius 2 is 1.66 bits per heavy atom. The van der Waals surface area contributed by atoms with Crippen LogP contribution in [0.5, 0.6) is 0 Å². The van der Waals surface area contributed by atoms with Gasteiger partial charge < -0.3 is 15.6 Å². The highest BCUT2D eigenvalue weighted by molar-refractivity contribution is 5.85. The maximum Gasteiger partial charge on any atom is 0.315 e. The predicted molar refractivity (Wildman–Crippen MR) is 144 cm³/mol. The van der Waals surface area contributed by atoms with Gasteiger partial charge in [-0.1, -0.05) is 61.4 Å². The molecule has 5 nitrogen and oxygen atoms in total. The molecule has 5 rings (SSSR count). The molecule has 0 saturated heterocycles. The molecule has 2 aliphatic rings. The van der Waals surface area contributed by atoms with Crippen molar-refractivity contribution in [3.63, 3.8) is 0 Å². The van der Waals surface area contributed by atoms with E-state index in [0.29, 0.717) is 18.5 Å². The lowest BCUT2D eigenvalue weighted by molar-refractivity contribution is 0.0903. The Morgan fingerprint density at radius 3 is 2.37 bits per heavy atom. The van der Waals surface area contributed by atoms with Crippen LogP contribution < -0.4 is 10.6 Å². The van der Waals surface area contributed by atoms with E-state index < -0.39 is 0 Å². The van der Waals surface area contributed by atoms with Crippen LogP contribution in [0.1, 0.15) is 74.1 Å². The van der Waals surface area contributed by atoms with Crippen LogP contribution in [-0.2, 0) is 12.0 Å². The Kier molecular flexibility index (Phi) is 7.14. The van der Waals surface area contributed by atoms with Crippen LogP contribution in [0.15, 0.2) is 54.6 Å². The van der Waals surface area contributed by atoms with Gasteiger partial charge >= 0.3 is 6.03 Å². The van der Waals surface area contributed by atoms with Gasteiger partial charge in [-0.2, -0.15) is 0 Å². The summed E-state index contributed by atoms with van der Waals surface area (Å²) in [5.74, 6) is 0.515. The zero-order valence-electron chi connectivity index (χ0n) is 21.3. The fourth-order valence-electron chi connectivity index (χ4n) is 6.57. The van der Waals surface area contributed by atoms with Crippen molar-refractivity contribution < 1.29 is 4.79 Å². The molecule has 3 aromatic rings. The summed E-state index contributed by atoms with van der Waals surface area (Å²) >= 11 is 0. The molecular formula is C30H40N4O. The van der Waals surface area contributed by atoms with Gasteiger partial charge in [0.1, 0.15) is 0 Å². The van der Waals surface area contributed by atoms with Gasteiger partial charge in [0.25, 0.3) is 0 Å². The molecule has 2 aromatic carbocycles. The maximum absolute atomic E-state index is 12.4. The molecule has 1 heterocycles. The smallest absolute Gasteiger partial charge is 0.315 e. The van der Waals surface area contributed by atoms with E-state index in [1.807, 2.05) is 0 Å². The topological polar surface area (TPSA) is 60.2 Å². The SMILES string of the molecule is CN(C)C1(c2ccccc2)CCC(c2[nH]c3ccccc3c2CCNC(=O)NC2CCCC2)CC1. The fraction of sp³-hybridized carbons (Fsp3) is 0.500. The summed E-state index contributed by atoms with van der Waals surface area (Å²) < 4.78 is 0. The van der Waals surface area contributed by atoms with Crippen molar-refractivity contribution >= 4 is 16.9 Å². The molecule has 3 N–H and O–H groups in total. The van der Waals surface area contributed by atoms with Crippen molar-refractivity contribution in [3.05, 3.63) is 71.4 Å². The number of hydrogen-bond acceptors (Lipinski definition) is 2. The van der Waals surface area contributed by atoms with E-state index in [9.17, 15) is 4.79 Å². The van der Waals surface area contributed by atoms with E-state index in [1.165, 1.54) is 40.6 Å². The van der Waals surface area contributed by atoms with Crippen LogP contribution in [0.25, 0.3) is 10.9 Å². The quantitative estimate of drug-likeness (QED) is 0.391. The fourth-order valence-corrected chi connectivity index (χ4v) is 6.57. The first-order chi connectivity index (χ1) is 17.1. The van der Waals surface area contributed by atoms with Crippen LogP contribution in [0.4, 0.5) is 4.79 Å². The second-order valence-electron chi connectivity index (χ2n) is 10.8. The van der Waals surface area contributed by atoms with Crippen molar-refractivity contribution in [1.29, 1.82) is 0 Å². The zero-order chi connectivity index (χ0) is 24.3. The molecule has 0 radical (unpaired) electrons. The lowest BCUT2D eigenvalue weighted by Gasteiger charge is -2.45. The van der Waals surface area contributed by atoms with Gasteiger partial charge in [0, 0.05) is 34.7 Å². The highest BCUT2D eigenvalue weighted by atomic mass is 16.2. The average molecular weight is 473 g/mol. The molecule has 0 unspecified atom stereocenters. The Balaban J connectivity index is 1.30. The number of rotatable bonds is 7. The van der Waals surface area contributed by atoms with Gasteiger partial charge in [-0.25, -0.2) is 4.79 Å². The predicted octanol–water partition coefficient (Wildman–Crippen LogP) is 6.07. The van der Waals surface area contributed by atoms with Crippen LogP contribution in [0.3, 0.4) is 0 Å². The Hall–Kier alpha value is -2.79. The van der Waals surface area contributed by atoms with E-state index in [1.54, 1.807) is 0 Å². The van der Waals surface area contributed by atoms with Crippen molar-refractivity contribution in [2.24, 2.45) is 0 Å². The number of benzene rings is 2. The Labute approximate surface area is 209 Å². The summed E-state index contributed by atoms with van der Waals surface area (Å²) in [6, 6.07) is 20.0. The monoisotopic (exact) mass is 472 g/mol. The molecule has 2 fully saturated rings. The number of fused-ring (bicyclic) bond motifs is 1. The number of nitrogens with one attached hydrogen (secondary N) is 3. The number of carbonyl (C=O) groups excluding carboxylic acids is 1. The zero-order valence-corrected chi connectivity index (χ0v) is 21.3. The third-order valence-corrected chi connectivity index (χ3v) is 8.59. The average Bonchev–Trinajstić information content (AvgIpc) is 3.52. The normalized spacial score (nSPS) is 23.1. The van der Waals surface area contributed by atoms with E-state index in [4.69, 9.17) is 0 Å². The first-order valence-corrected chi connectivity index (χ1v) is 13.4.